The number of aromatic nitrogens is 7. The van der Waals surface area contributed by atoms with Crippen molar-refractivity contribution < 1.29 is 9.13 Å². The van der Waals surface area contributed by atoms with Crippen LogP contribution in [0.1, 0.15) is 29.2 Å². The van der Waals surface area contributed by atoms with Crippen LogP contribution in [0.25, 0.3) is 38.4 Å². The number of hydrogen-bond acceptors (Lipinski definition) is 9. The largest absolute Gasteiger partial charge is 0.383 e. The fraction of sp³-hybridized carbons (Fsp3) is 0.185. The number of fused-ring (bicyclic) bond motifs is 2. The summed E-state index contributed by atoms with van der Waals surface area (Å²) < 4.78 is 22.7. The number of benzene rings is 1. The number of pyridine rings is 1. The van der Waals surface area contributed by atoms with Crippen molar-refractivity contribution in [3.05, 3.63) is 87.6 Å². The molecule has 12 heteroatoms. The first kappa shape index (κ1) is 24.8. The predicted molar refractivity (Wildman–Crippen MR) is 147 cm³/mol. The van der Waals surface area contributed by atoms with E-state index in [2.05, 4.69) is 15.0 Å². The number of aryl methyl sites for hydroxylation is 1. The molecule has 1 aromatic carbocycles. The molecule has 0 spiro atoms. The number of hydrogen-bond donors (Lipinski definition) is 1. The molecular formula is C27H23FN8O2S. The van der Waals surface area contributed by atoms with E-state index in [-0.39, 0.29) is 16.9 Å². The van der Waals surface area contributed by atoms with Crippen molar-refractivity contribution in [2.45, 2.75) is 26.5 Å². The Labute approximate surface area is 225 Å². The maximum absolute atomic E-state index is 14.3. The number of halogens is 1. The van der Waals surface area contributed by atoms with Crippen molar-refractivity contribution >= 4 is 33.8 Å². The summed E-state index contributed by atoms with van der Waals surface area (Å²) in [5, 5.41) is 6.24. The second-order valence-corrected chi connectivity index (χ2v) is 10.2. The van der Waals surface area contributed by atoms with Crippen molar-refractivity contribution in [1.82, 2.24) is 34.1 Å². The molecule has 0 aliphatic carbocycles. The number of rotatable bonds is 6. The van der Waals surface area contributed by atoms with Gasteiger partial charge in [0.25, 0.3) is 5.56 Å². The summed E-state index contributed by atoms with van der Waals surface area (Å²) in [4.78, 5) is 32.6. The quantitative estimate of drug-likeness (QED) is 0.328. The molecule has 0 aliphatic heterocycles. The van der Waals surface area contributed by atoms with E-state index in [0.29, 0.717) is 40.2 Å². The van der Waals surface area contributed by atoms with Gasteiger partial charge in [-0.1, -0.05) is 18.2 Å². The summed E-state index contributed by atoms with van der Waals surface area (Å²) in [6.07, 6.45) is 4.80. The molecule has 2 N–H and O–H groups in total. The first-order valence-corrected chi connectivity index (χ1v) is 12.9. The second-order valence-electron chi connectivity index (χ2n) is 9.10. The van der Waals surface area contributed by atoms with Gasteiger partial charge in [-0.3, -0.25) is 9.20 Å². The summed E-state index contributed by atoms with van der Waals surface area (Å²) in [5.74, 6) is -0.188. The van der Waals surface area contributed by atoms with Crippen molar-refractivity contribution in [2.24, 2.45) is 0 Å². The van der Waals surface area contributed by atoms with Gasteiger partial charge >= 0.3 is 0 Å². The lowest BCUT2D eigenvalue weighted by Gasteiger charge is -2.18. The number of anilines is 1. The molecule has 10 nitrogen and oxygen atoms in total. The molecule has 5 heterocycles. The number of methoxy groups -OCH3 is 1. The Morgan fingerprint density at radius 3 is 2.82 bits per heavy atom. The Balaban J connectivity index is 1.61. The Kier molecular flexibility index (Phi) is 6.12. The lowest BCUT2D eigenvalue weighted by atomic mass is 10.0. The molecule has 0 aliphatic rings. The number of nitrogen functional groups attached to an aromatic ring is 1. The van der Waals surface area contributed by atoms with E-state index in [1.165, 1.54) is 34.2 Å². The van der Waals surface area contributed by atoms with Crippen LogP contribution < -0.4 is 11.3 Å². The van der Waals surface area contributed by atoms with E-state index >= 15 is 0 Å². The van der Waals surface area contributed by atoms with Gasteiger partial charge < -0.3 is 10.5 Å². The molecule has 196 valence electrons. The van der Waals surface area contributed by atoms with Gasteiger partial charge in [-0.05, 0) is 43.2 Å². The zero-order valence-electron chi connectivity index (χ0n) is 21.3. The SMILES string of the molecule is COCc1ncc(-c2nn(C(C)c3nc4ccc(C)cn4c(=O)c3-c3cccc(F)c3)c3ncnc(N)c23)s1. The minimum atomic E-state index is -0.584. The van der Waals surface area contributed by atoms with Crippen LogP contribution in [0.4, 0.5) is 10.2 Å². The van der Waals surface area contributed by atoms with E-state index in [4.69, 9.17) is 20.6 Å². The van der Waals surface area contributed by atoms with Crippen molar-refractivity contribution in [1.29, 1.82) is 0 Å². The molecule has 0 fully saturated rings. The van der Waals surface area contributed by atoms with Crippen LogP contribution in [0.3, 0.4) is 0 Å². The van der Waals surface area contributed by atoms with E-state index in [0.717, 1.165) is 15.4 Å². The predicted octanol–water partition coefficient (Wildman–Crippen LogP) is 4.41. The summed E-state index contributed by atoms with van der Waals surface area (Å²) in [5.41, 5.74) is 9.51. The van der Waals surface area contributed by atoms with Crippen LogP contribution >= 0.6 is 11.3 Å². The van der Waals surface area contributed by atoms with Gasteiger partial charge in [-0.15, -0.1) is 11.3 Å². The highest BCUT2D eigenvalue weighted by atomic mass is 32.1. The van der Waals surface area contributed by atoms with Crippen LogP contribution in [0, 0.1) is 12.7 Å². The van der Waals surface area contributed by atoms with Crippen molar-refractivity contribution in [2.75, 3.05) is 12.8 Å². The van der Waals surface area contributed by atoms with E-state index in [1.54, 1.807) is 42.4 Å². The molecule has 39 heavy (non-hydrogen) atoms. The Morgan fingerprint density at radius 2 is 2.03 bits per heavy atom. The van der Waals surface area contributed by atoms with Crippen molar-refractivity contribution in [3.63, 3.8) is 0 Å². The fourth-order valence-corrected chi connectivity index (χ4v) is 5.52. The molecule has 1 atom stereocenters. The Hall–Kier alpha value is -4.55. The number of thiazole rings is 1. The zero-order valence-corrected chi connectivity index (χ0v) is 22.1. The molecule has 0 saturated carbocycles. The average molecular weight is 543 g/mol. The maximum Gasteiger partial charge on any atom is 0.266 e. The molecular weight excluding hydrogens is 519 g/mol. The summed E-state index contributed by atoms with van der Waals surface area (Å²) in [6.45, 7) is 4.13. The first-order valence-electron chi connectivity index (χ1n) is 12.1. The van der Waals surface area contributed by atoms with Crippen molar-refractivity contribution in [3.8, 4) is 21.7 Å². The minimum Gasteiger partial charge on any atom is -0.383 e. The van der Waals surface area contributed by atoms with E-state index in [9.17, 15) is 9.18 Å². The number of ether oxygens (including phenoxy) is 1. The highest BCUT2D eigenvalue weighted by Gasteiger charge is 2.27. The molecule has 6 aromatic rings. The van der Waals surface area contributed by atoms with Crippen LogP contribution in [0.5, 0.6) is 0 Å². The molecule has 0 radical (unpaired) electrons. The second kappa shape index (κ2) is 9.64. The molecule has 5 aromatic heterocycles. The lowest BCUT2D eigenvalue weighted by molar-refractivity contribution is 0.184. The van der Waals surface area contributed by atoms with Crippen LogP contribution in [-0.4, -0.2) is 41.2 Å². The zero-order chi connectivity index (χ0) is 27.3. The first-order chi connectivity index (χ1) is 18.9. The standard InChI is InChI=1S/C27H23FN8O2S/c1-14-7-8-19-33-23(21(27(37)35(19)11-14)16-5-4-6-17(28)9-16)15(2)36-26-22(25(29)31-13-32-26)24(34-36)18-10-30-20(39-18)12-38-3/h4-11,13,15H,12H2,1-3H3,(H2,29,31,32). The van der Waals surface area contributed by atoms with Gasteiger partial charge in [-0.2, -0.15) is 5.10 Å². The Morgan fingerprint density at radius 1 is 1.18 bits per heavy atom. The molecule has 0 bridgehead atoms. The summed E-state index contributed by atoms with van der Waals surface area (Å²) >= 11 is 1.43. The molecule has 1 unspecified atom stereocenters. The van der Waals surface area contributed by atoms with Gasteiger partial charge in [0.1, 0.15) is 34.3 Å². The van der Waals surface area contributed by atoms with Gasteiger partial charge in [-0.25, -0.2) is 29.0 Å². The fourth-order valence-electron chi connectivity index (χ4n) is 4.64. The van der Waals surface area contributed by atoms with Crippen LogP contribution in [0.15, 0.2) is 59.9 Å². The molecule has 0 amide bonds. The Bertz CT molecular complexity index is 1930. The van der Waals surface area contributed by atoms with Gasteiger partial charge in [0.05, 0.1) is 34.2 Å². The van der Waals surface area contributed by atoms with E-state index < -0.39 is 11.9 Å². The molecule has 0 saturated heterocycles. The smallest absolute Gasteiger partial charge is 0.266 e. The normalized spacial score (nSPS) is 12.4. The highest BCUT2D eigenvalue weighted by molar-refractivity contribution is 7.15. The highest BCUT2D eigenvalue weighted by Crippen LogP contribution is 2.36. The lowest BCUT2D eigenvalue weighted by Crippen LogP contribution is -2.23. The number of nitrogens with two attached hydrogens (primary N) is 1. The third kappa shape index (κ3) is 4.23. The maximum atomic E-state index is 14.3. The topological polar surface area (TPSA) is 126 Å². The third-order valence-electron chi connectivity index (χ3n) is 6.45. The molecule has 6 rings (SSSR count). The average Bonchev–Trinajstić information content (AvgIpc) is 3.54. The monoisotopic (exact) mass is 542 g/mol. The summed E-state index contributed by atoms with van der Waals surface area (Å²) in [6, 6.07) is 9.01. The van der Waals surface area contributed by atoms with Gasteiger partial charge in [0.15, 0.2) is 5.65 Å². The van der Waals surface area contributed by atoms with Gasteiger partial charge in [0, 0.05) is 19.5 Å². The van der Waals surface area contributed by atoms with Gasteiger partial charge in [0.2, 0.25) is 0 Å². The third-order valence-corrected chi connectivity index (χ3v) is 7.42. The minimum absolute atomic E-state index is 0.266. The summed E-state index contributed by atoms with van der Waals surface area (Å²) in [7, 11) is 1.61. The van der Waals surface area contributed by atoms with Crippen LogP contribution in [0.2, 0.25) is 0 Å². The van der Waals surface area contributed by atoms with E-state index in [1.807, 2.05) is 19.9 Å². The number of nitrogens with zero attached hydrogens (tertiary/aromatic N) is 7. The van der Waals surface area contributed by atoms with Crippen LogP contribution in [-0.2, 0) is 11.3 Å².